The zero-order valence-electron chi connectivity index (χ0n) is 14.7. The van der Waals surface area contributed by atoms with Crippen LogP contribution in [0.25, 0.3) is 0 Å². The van der Waals surface area contributed by atoms with E-state index in [0.29, 0.717) is 23.5 Å². The van der Waals surface area contributed by atoms with Crippen LogP contribution in [0.1, 0.15) is 26.7 Å². The molecule has 0 aliphatic rings. The fourth-order valence-electron chi connectivity index (χ4n) is 2.22. The third kappa shape index (κ3) is 6.12. The summed E-state index contributed by atoms with van der Waals surface area (Å²) in [6.07, 6.45) is 1.53. The van der Waals surface area contributed by atoms with Gasteiger partial charge in [0.2, 0.25) is 0 Å². The van der Waals surface area contributed by atoms with Crippen molar-refractivity contribution in [1.29, 1.82) is 0 Å². The third-order valence-corrected chi connectivity index (χ3v) is 5.56. The van der Waals surface area contributed by atoms with Gasteiger partial charge in [0.15, 0.2) is 5.73 Å². The van der Waals surface area contributed by atoms with Gasteiger partial charge in [-0.25, -0.2) is 4.79 Å². The van der Waals surface area contributed by atoms with E-state index in [1.54, 1.807) is 6.92 Å². The molecule has 0 aliphatic heterocycles. The van der Waals surface area contributed by atoms with E-state index < -0.39 is 21.0 Å². The van der Waals surface area contributed by atoms with Crippen molar-refractivity contribution in [3.8, 4) is 11.5 Å². The fourth-order valence-corrected chi connectivity index (χ4v) is 4.26. The molecule has 1 atom stereocenters. The maximum absolute atomic E-state index is 12.0. The van der Waals surface area contributed by atoms with E-state index in [1.165, 1.54) is 0 Å². The first kappa shape index (κ1) is 18.8. The molecule has 0 saturated heterocycles. The highest BCUT2D eigenvalue weighted by molar-refractivity contribution is 6.48. The maximum atomic E-state index is 12.0. The molecule has 0 aromatic heterocycles. The molecule has 4 nitrogen and oxygen atoms in total. The molecule has 0 aliphatic carbocycles. The van der Waals surface area contributed by atoms with Crippen LogP contribution >= 0.6 is 0 Å². The topological polar surface area (TPSA) is 44.8 Å². The number of para-hydroxylation sites is 2. The van der Waals surface area contributed by atoms with Crippen LogP contribution in [-0.2, 0) is 9.53 Å². The first-order valence-corrected chi connectivity index (χ1v) is 10.0. The highest BCUT2D eigenvalue weighted by atomic mass is 28.3. The number of ether oxygens (including phenoxy) is 1. The lowest BCUT2D eigenvalue weighted by Gasteiger charge is -2.26. The van der Waals surface area contributed by atoms with Crippen molar-refractivity contribution in [3.05, 3.63) is 72.8 Å². The van der Waals surface area contributed by atoms with Crippen molar-refractivity contribution >= 4 is 15.3 Å². The van der Waals surface area contributed by atoms with Gasteiger partial charge in [-0.2, -0.15) is 0 Å². The van der Waals surface area contributed by atoms with Crippen LogP contribution in [-0.4, -0.2) is 21.0 Å². The second-order valence-electron chi connectivity index (χ2n) is 5.74. The van der Waals surface area contributed by atoms with E-state index in [1.807, 2.05) is 67.6 Å². The molecule has 0 bridgehead atoms. The Morgan fingerprint density at radius 2 is 1.48 bits per heavy atom. The van der Waals surface area contributed by atoms with E-state index in [0.717, 1.165) is 6.42 Å². The second kappa shape index (κ2) is 9.69. The van der Waals surface area contributed by atoms with Crippen LogP contribution < -0.4 is 8.85 Å². The summed E-state index contributed by atoms with van der Waals surface area (Å²) in [6, 6.07) is 18.9. The smallest absolute Gasteiger partial charge is 0.486 e. The van der Waals surface area contributed by atoms with Gasteiger partial charge in [0.25, 0.3) is 0 Å². The number of carbonyl (C=O) groups excluding carboxylic acids is 1. The zero-order valence-corrected chi connectivity index (χ0v) is 15.8. The van der Waals surface area contributed by atoms with Gasteiger partial charge in [-0.05, 0) is 37.6 Å². The van der Waals surface area contributed by atoms with E-state index in [-0.39, 0.29) is 0 Å². The van der Waals surface area contributed by atoms with Crippen molar-refractivity contribution in [2.24, 2.45) is 0 Å². The van der Waals surface area contributed by atoms with Crippen LogP contribution in [0, 0.1) is 0 Å². The number of hydrogen-bond donors (Lipinski definition) is 0. The number of hydrogen-bond acceptors (Lipinski definition) is 4. The van der Waals surface area contributed by atoms with Gasteiger partial charge in [-0.1, -0.05) is 56.3 Å². The molecule has 0 radical (unpaired) electrons. The van der Waals surface area contributed by atoms with Crippen LogP contribution in [0.15, 0.2) is 72.8 Å². The largest absolute Gasteiger partial charge is 0.512 e. The van der Waals surface area contributed by atoms with Crippen molar-refractivity contribution in [2.75, 3.05) is 0 Å². The van der Waals surface area contributed by atoms with Gasteiger partial charge in [-0.3, -0.25) is 0 Å². The SMILES string of the molecule is C=C(C)C(=O)OC(CCC)[SiH](Oc1ccccc1)Oc1ccccc1. The predicted molar refractivity (Wildman–Crippen MR) is 101 cm³/mol. The van der Waals surface area contributed by atoms with Crippen LogP contribution in [0.2, 0.25) is 0 Å². The predicted octanol–water partition coefficient (Wildman–Crippen LogP) is 4.19. The number of carbonyl (C=O) groups is 1. The summed E-state index contributed by atoms with van der Waals surface area (Å²) in [5.74, 6) is 1.01. The average Bonchev–Trinajstić information content (AvgIpc) is 2.62. The fraction of sp³-hybridized carbons (Fsp3) is 0.250. The van der Waals surface area contributed by atoms with E-state index in [4.69, 9.17) is 13.6 Å². The van der Waals surface area contributed by atoms with Gasteiger partial charge < -0.3 is 13.6 Å². The molecule has 1 unspecified atom stereocenters. The molecule has 5 heteroatoms. The Labute approximate surface area is 150 Å². The summed E-state index contributed by atoms with van der Waals surface area (Å²) in [6.45, 7) is 7.33. The molecule has 25 heavy (non-hydrogen) atoms. The molecular formula is C20H24O4Si. The molecule has 0 heterocycles. The molecule has 0 saturated carbocycles. The minimum atomic E-state index is -2.40. The van der Waals surface area contributed by atoms with Crippen LogP contribution in [0.5, 0.6) is 11.5 Å². The first-order chi connectivity index (χ1) is 12.1. The van der Waals surface area contributed by atoms with Crippen molar-refractivity contribution in [3.63, 3.8) is 0 Å². The Morgan fingerprint density at radius 1 is 1.00 bits per heavy atom. The lowest BCUT2D eigenvalue weighted by atomic mass is 10.3. The molecular weight excluding hydrogens is 332 g/mol. The molecule has 132 valence electrons. The number of esters is 1. The standard InChI is InChI=1S/C20H24O4Si/c1-4-11-19(22-20(21)16(2)3)25(23-17-12-7-5-8-13-17)24-18-14-9-6-10-15-18/h5-10,12-15,19,25H,2,4,11H2,1,3H3. The van der Waals surface area contributed by atoms with Crippen molar-refractivity contribution in [2.45, 2.75) is 32.4 Å². The molecule has 0 spiro atoms. The van der Waals surface area contributed by atoms with Gasteiger partial charge in [0.05, 0.1) is 0 Å². The Kier molecular flexibility index (Phi) is 7.29. The summed E-state index contributed by atoms with van der Waals surface area (Å²) < 4.78 is 17.9. The number of benzene rings is 2. The minimum Gasteiger partial charge on any atom is -0.512 e. The van der Waals surface area contributed by atoms with Gasteiger partial charge in [0, 0.05) is 5.57 Å². The summed E-state index contributed by atoms with van der Waals surface area (Å²) >= 11 is 0. The Bertz CT molecular complexity index is 631. The molecule has 0 amide bonds. The molecule has 0 N–H and O–H groups in total. The maximum Gasteiger partial charge on any atom is 0.486 e. The Balaban J connectivity index is 2.22. The highest BCUT2D eigenvalue weighted by Crippen LogP contribution is 2.19. The van der Waals surface area contributed by atoms with Crippen molar-refractivity contribution < 1.29 is 18.4 Å². The molecule has 2 rings (SSSR count). The van der Waals surface area contributed by atoms with Gasteiger partial charge in [0.1, 0.15) is 11.5 Å². The van der Waals surface area contributed by atoms with E-state index in [9.17, 15) is 4.79 Å². The minimum absolute atomic E-state index is 0.369. The zero-order chi connectivity index (χ0) is 18.1. The molecule has 2 aromatic carbocycles. The Hall–Kier alpha value is -2.53. The monoisotopic (exact) mass is 356 g/mol. The quantitative estimate of drug-likeness (QED) is 0.384. The van der Waals surface area contributed by atoms with Crippen molar-refractivity contribution in [1.82, 2.24) is 0 Å². The molecule has 2 aromatic rings. The lowest BCUT2D eigenvalue weighted by molar-refractivity contribution is -0.141. The Morgan fingerprint density at radius 3 is 1.88 bits per heavy atom. The van der Waals surface area contributed by atoms with E-state index in [2.05, 4.69) is 6.58 Å². The number of rotatable bonds is 9. The summed E-state index contributed by atoms with van der Waals surface area (Å²) in [5, 5.41) is 0. The van der Waals surface area contributed by atoms with E-state index >= 15 is 0 Å². The highest BCUT2D eigenvalue weighted by Gasteiger charge is 2.33. The third-order valence-electron chi connectivity index (χ3n) is 3.47. The first-order valence-electron chi connectivity index (χ1n) is 8.40. The van der Waals surface area contributed by atoms with Gasteiger partial charge >= 0.3 is 15.3 Å². The summed E-state index contributed by atoms with van der Waals surface area (Å²) in [4.78, 5) is 12.0. The molecule has 0 fully saturated rings. The van der Waals surface area contributed by atoms with Gasteiger partial charge in [-0.15, -0.1) is 0 Å². The normalized spacial score (nSPS) is 11.6. The second-order valence-corrected chi connectivity index (χ2v) is 7.69. The van der Waals surface area contributed by atoms with Crippen LogP contribution in [0.3, 0.4) is 0 Å². The van der Waals surface area contributed by atoms with Crippen LogP contribution in [0.4, 0.5) is 0 Å². The lowest BCUT2D eigenvalue weighted by Crippen LogP contribution is -2.45. The summed E-state index contributed by atoms with van der Waals surface area (Å²) in [5.41, 5.74) is -0.0390. The average molecular weight is 356 g/mol. The summed E-state index contributed by atoms with van der Waals surface area (Å²) in [7, 11) is -2.40.